The molecule has 0 amide bonds. The molecule has 0 aromatic carbocycles. The number of methoxy groups -OCH3 is 1. The molecule has 0 spiro atoms. The van der Waals surface area contributed by atoms with Crippen molar-refractivity contribution in [3.63, 3.8) is 0 Å². The fraction of sp³-hybridized carbons (Fsp3) is 1.00. The van der Waals surface area contributed by atoms with Gasteiger partial charge in [-0.15, -0.1) is 24.8 Å². The van der Waals surface area contributed by atoms with Crippen LogP contribution >= 0.6 is 24.8 Å². The van der Waals surface area contributed by atoms with E-state index >= 15 is 0 Å². The van der Waals surface area contributed by atoms with Crippen molar-refractivity contribution >= 4 is 24.8 Å². The second kappa shape index (κ2) is 5.17. The number of halogens is 2. The SMILES string of the molecule is COC1(CN)CN(C)C1.Cl.Cl. The molecule has 0 radical (unpaired) electrons. The minimum Gasteiger partial charge on any atom is -0.374 e. The average molecular weight is 203 g/mol. The fourth-order valence-corrected chi connectivity index (χ4v) is 1.28. The molecule has 0 saturated carbocycles. The summed E-state index contributed by atoms with van der Waals surface area (Å²) < 4.78 is 5.23. The van der Waals surface area contributed by atoms with E-state index in [1.54, 1.807) is 7.11 Å². The second-order valence-electron chi connectivity index (χ2n) is 2.76. The highest BCUT2D eigenvalue weighted by molar-refractivity contribution is 5.85. The zero-order chi connectivity index (χ0) is 6.91. The summed E-state index contributed by atoms with van der Waals surface area (Å²) in [6.07, 6.45) is 0. The van der Waals surface area contributed by atoms with E-state index in [1.807, 2.05) is 0 Å². The van der Waals surface area contributed by atoms with Crippen molar-refractivity contribution < 1.29 is 4.74 Å². The van der Waals surface area contributed by atoms with E-state index < -0.39 is 0 Å². The van der Waals surface area contributed by atoms with Gasteiger partial charge in [0.15, 0.2) is 0 Å². The van der Waals surface area contributed by atoms with Gasteiger partial charge in [0, 0.05) is 26.7 Å². The van der Waals surface area contributed by atoms with Crippen LogP contribution in [0.25, 0.3) is 0 Å². The zero-order valence-corrected chi connectivity index (χ0v) is 8.50. The maximum Gasteiger partial charge on any atom is 0.105 e. The van der Waals surface area contributed by atoms with Gasteiger partial charge in [-0.2, -0.15) is 0 Å². The van der Waals surface area contributed by atoms with Crippen LogP contribution < -0.4 is 5.73 Å². The molecule has 1 aliphatic heterocycles. The monoisotopic (exact) mass is 202 g/mol. The first kappa shape index (κ1) is 14.0. The van der Waals surface area contributed by atoms with Gasteiger partial charge in [0.1, 0.15) is 5.60 Å². The van der Waals surface area contributed by atoms with E-state index in [0.717, 1.165) is 13.1 Å². The Bertz CT molecular complexity index is 101. The Morgan fingerprint density at radius 3 is 2.00 bits per heavy atom. The van der Waals surface area contributed by atoms with E-state index in [2.05, 4.69) is 11.9 Å². The lowest BCUT2D eigenvalue weighted by Crippen LogP contribution is -2.64. The highest BCUT2D eigenvalue weighted by Gasteiger charge is 2.39. The average Bonchev–Trinajstić information content (AvgIpc) is 1.81. The summed E-state index contributed by atoms with van der Waals surface area (Å²) in [6.45, 7) is 2.58. The van der Waals surface area contributed by atoms with Crippen LogP contribution in [0.2, 0.25) is 0 Å². The molecule has 0 aromatic heterocycles. The van der Waals surface area contributed by atoms with Gasteiger partial charge < -0.3 is 15.4 Å². The van der Waals surface area contributed by atoms with Gasteiger partial charge in [-0.05, 0) is 7.05 Å². The molecule has 1 fully saturated rings. The summed E-state index contributed by atoms with van der Waals surface area (Å²) in [5.74, 6) is 0. The molecule has 5 heteroatoms. The molecule has 1 aliphatic rings. The Morgan fingerprint density at radius 2 is 1.91 bits per heavy atom. The summed E-state index contributed by atoms with van der Waals surface area (Å²) in [5.41, 5.74) is 5.47. The summed E-state index contributed by atoms with van der Waals surface area (Å²) in [5, 5.41) is 0. The molecule has 11 heavy (non-hydrogen) atoms. The number of likely N-dealkylation sites (tertiary alicyclic amines) is 1. The Labute approximate surface area is 80.1 Å². The van der Waals surface area contributed by atoms with Crippen LogP contribution in [-0.4, -0.2) is 44.3 Å². The van der Waals surface area contributed by atoms with Crippen LogP contribution in [0.3, 0.4) is 0 Å². The Balaban J connectivity index is 0. The van der Waals surface area contributed by atoms with E-state index in [4.69, 9.17) is 10.5 Å². The lowest BCUT2D eigenvalue weighted by atomic mass is 9.95. The molecule has 0 aliphatic carbocycles. The van der Waals surface area contributed by atoms with Crippen molar-refractivity contribution in [1.82, 2.24) is 4.90 Å². The van der Waals surface area contributed by atoms with Gasteiger partial charge in [0.05, 0.1) is 0 Å². The number of hydrogen-bond acceptors (Lipinski definition) is 3. The first-order valence-corrected chi connectivity index (χ1v) is 3.16. The number of nitrogens with two attached hydrogens (primary N) is 1. The van der Waals surface area contributed by atoms with Crippen LogP contribution in [0.4, 0.5) is 0 Å². The largest absolute Gasteiger partial charge is 0.374 e. The number of ether oxygens (including phenoxy) is 1. The Morgan fingerprint density at radius 1 is 1.45 bits per heavy atom. The third-order valence-electron chi connectivity index (χ3n) is 1.92. The summed E-state index contributed by atoms with van der Waals surface area (Å²) in [4.78, 5) is 2.19. The van der Waals surface area contributed by atoms with E-state index in [9.17, 15) is 0 Å². The Hall–Kier alpha value is 0.460. The van der Waals surface area contributed by atoms with Crippen LogP contribution in [0.1, 0.15) is 0 Å². The van der Waals surface area contributed by atoms with Crippen LogP contribution in [0, 0.1) is 0 Å². The first-order valence-electron chi connectivity index (χ1n) is 3.16. The van der Waals surface area contributed by atoms with Crippen molar-refractivity contribution in [2.24, 2.45) is 5.73 Å². The first-order chi connectivity index (χ1) is 4.22. The number of hydrogen-bond donors (Lipinski definition) is 1. The van der Waals surface area contributed by atoms with Crippen molar-refractivity contribution in [3.8, 4) is 0 Å². The molecular weight excluding hydrogens is 187 g/mol. The van der Waals surface area contributed by atoms with Crippen LogP contribution in [0.15, 0.2) is 0 Å². The maximum atomic E-state index is 5.49. The third-order valence-corrected chi connectivity index (χ3v) is 1.92. The minimum absolute atomic E-state index is 0. The lowest BCUT2D eigenvalue weighted by Gasteiger charge is -2.46. The van der Waals surface area contributed by atoms with Gasteiger partial charge in [0.25, 0.3) is 0 Å². The predicted octanol–water partition coefficient (Wildman–Crippen LogP) is 0.119. The number of nitrogens with zero attached hydrogens (tertiary/aromatic N) is 1. The van der Waals surface area contributed by atoms with Crippen molar-refractivity contribution in [3.05, 3.63) is 0 Å². The molecule has 70 valence electrons. The minimum atomic E-state index is -0.0191. The van der Waals surface area contributed by atoms with Gasteiger partial charge >= 0.3 is 0 Å². The number of likely N-dealkylation sites (N-methyl/N-ethyl adjacent to an activating group) is 1. The standard InChI is InChI=1S/C6H14N2O.2ClH/c1-8-4-6(3-7,5-8)9-2;;/h3-5,7H2,1-2H3;2*1H. The summed E-state index contributed by atoms with van der Waals surface area (Å²) >= 11 is 0. The maximum absolute atomic E-state index is 5.49. The van der Waals surface area contributed by atoms with Crippen molar-refractivity contribution in [2.45, 2.75) is 5.60 Å². The predicted molar refractivity (Wildman–Crippen MR) is 50.8 cm³/mol. The molecule has 0 aromatic rings. The molecule has 1 rings (SSSR count). The van der Waals surface area contributed by atoms with Gasteiger partial charge in [-0.25, -0.2) is 0 Å². The molecule has 1 heterocycles. The van der Waals surface area contributed by atoms with Gasteiger partial charge in [0.2, 0.25) is 0 Å². The van der Waals surface area contributed by atoms with E-state index in [0.29, 0.717) is 6.54 Å². The molecule has 0 bridgehead atoms. The number of rotatable bonds is 2. The lowest BCUT2D eigenvalue weighted by molar-refractivity contribution is -0.107. The molecule has 0 atom stereocenters. The Kier molecular flexibility index (Phi) is 6.58. The molecule has 2 N–H and O–H groups in total. The van der Waals surface area contributed by atoms with Crippen LogP contribution in [0.5, 0.6) is 0 Å². The molecule has 3 nitrogen and oxygen atoms in total. The third kappa shape index (κ3) is 2.76. The molecular formula is C6H16Cl2N2O. The highest BCUT2D eigenvalue weighted by Crippen LogP contribution is 2.20. The summed E-state index contributed by atoms with van der Waals surface area (Å²) in [6, 6.07) is 0. The summed E-state index contributed by atoms with van der Waals surface area (Å²) in [7, 11) is 3.78. The van der Waals surface area contributed by atoms with Gasteiger partial charge in [-0.1, -0.05) is 0 Å². The van der Waals surface area contributed by atoms with Crippen LogP contribution in [-0.2, 0) is 4.74 Å². The van der Waals surface area contributed by atoms with E-state index in [1.165, 1.54) is 0 Å². The normalized spacial score (nSPS) is 21.0. The zero-order valence-electron chi connectivity index (χ0n) is 6.87. The topological polar surface area (TPSA) is 38.5 Å². The van der Waals surface area contributed by atoms with Gasteiger partial charge in [-0.3, -0.25) is 0 Å². The fourth-order valence-electron chi connectivity index (χ4n) is 1.28. The molecule has 0 unspecified atom stereocenters. The quantitative estimate of drug-likeness (QED) is 0.692. The smallest absolute Gasteiger partial charge is 0.105 e. The van der Waals surface area contributed by atoms with Crippen molar-refractivity contribution in [1.29, 1.82) is 0 Å². The molecule has 1 saturated heterocycles. The van der Waals surface area contributed by atoms with E-state index in [-0.39, 0.29) is 30.4 Å². The van der Waals surface area contributed by atoms with Crippen molar-refractivity contribution in [2.75, 3.05) is 33.8 Å². The highest BCUT2D eigenvalue weighted by atomic mass is 35.5. The second-order valence-corrected chi connectivity index (χ2v) is 2.76.